The quantitative estimate of drug-likeness (QED) is 0.846. The highest BCUT2D eigenvalue weighted by molar-refractivity contribution is 6.28. The minimum atomic E-state index is 0.239. The summed E-state index contributed by atoms with van der Waals surface area (Å²) in [6.07, 6.45) is 2.41. The van der Waals surface area contributed by atoms with E-state index < -0.39 is 0 Å². The number of anilines is 2. The molecule has 15 heavy (non-hydrogen) atoms. The lowest BCUT2D eigenvalue weighted by atomic mass is 10.6. The number of hydrogen-bond donors (Lipinski definition) is 1. The maximum Gasteiger partial charge on any atom is 0.231 e. The summed E-state index contributed by atoms with van der Waals surface area (Å²) >= 11 is 5.83. The smallest absolute Gasteiger partial charge is 0.231 e. The predicted molar refractivity (Wildman–Crippen MR) is 60.4 cm³/mol. The summed E-state index contributed by atoms with van der Waals surface area (Å²) in [5.74, 6) is 1.19. The van der Waals surface area contributed by atoms with Crippen LogP contribution in [0, 0.1) is 0 Å². The van der Waals surface area contributed by atoms with Crippen LogP contribution in [0.5, 0.6) is 0 Å². The van der Waals surface area contributed by atoms with Gasteiger partial charge in [-0.15, -0.1) is 0 Å². The average Bonchev–Trinajstić information content (AvgIpc) is 2.99. The first-order valence-corrected chi connectivity index (χ1v) is 5.46. The van der Waals surface area contributed by atoms with E-state index in [-0.39, 0.29) is 5.28 Å². The second-order valence-corrected chi connectivity index (χ2v) is 3.94. The number of rotatable bonds is 4. The minimum absolute atomic E-state index is 0.239. The Hall–Kier alpha value is -1.10. The van der Waals surface area contributed by atoms with Crippen LogP contribution >= 0.6 is 11.6 Å². The molecule has 1 aliphatic rings. The van der Waals surface area contributed by atoms with E-state index in [4.69, 9.17) is 11.6 Å². The Morgan fingerprint density at radius 3 is 2.73 bits per heavy atom. The molecule has 1 aliphatic carbocycles. The number of nitrogens with zero attached hydrogens (tertiary/aromatic N) is 4. The second-order valence-electron chi connectivity index (χ2n) is 3.60. The monoisotopic (exact) mass is 227 g/mol. The van der Waals surface area contributed by atoms with Crippen LogP contribution in [-0.2, 0) is 0 Å². The Bertz CT molecular complexity index is 352. The predicted octanol–water partition coefficient (Wildman–Crippen LogP) is 1.56. The van der Waals surface area contributed by atoms with Crippen LogP contribution in [-0.4, -0.2) is 34.6 Å². The van der Waals surface area contributed by atoms with E-state index in [1.165, 1.54) is 12.8 Å². The second kappa shape index (κ2) is 4.18. The normalized spacial score (nSPS) is 15.1. The van der Waals surface area contributed by atoms with Gasteiger partial charge in [0.1, 0.15) is 0 Å². The Kier molecular flexibility index (Phi) is 2.90. The Labute approximate surface area is 93.9 Å². The standard InChI is InChI=1S/C9H14ClN5/c1-3-11-8-12-7(10)13-9(14-8)15(2)6-4-5-6/h6H,3-5H2,1-2H3,(H,11,12,13,14). The molecule has 1 aromatic heterocycles. The Morgan fingerprint density at radius 2 is 2.13 bits per heavy atom. The van der Waals surface area contributed by atoms with Gasteiger partial charge in [0.15, 0.2) is 0 Å². The van der Waals surface area contributed by atoms with Crippen molar-refractivity contribution < 1.29 is 0 Å². The van der Waals surface area contributed by atoms with Crippen molar-refractivity contribution in [2.45, 2.75) is 25.8 Å². The Morgan fingerprint density at radius 1 is 1.40 bits per heavy atom. The topological polar surface area (TPSA) is 53.9 Å². The molecule has 5 nitrogen and oxygen atoms in total. The molecule has 82 valence electrons. The lowest BCUT2D eigenvalue weighted by Gasteiger charge is -2.16. The maximum atomic E-state index is 5.83. The molecule has 2 rings (SSSR count). The molecule has 0 aliphatic heterocycles. The summed E-state index contributed by atoms with van der Waals surface area (Å²) < 4.78 is 0. The SMILES string of the molecule is CCNc1nc(Cl)nc(N(C)C2CC2)n1. The fraction of sp³-hybridized carbons (Fsp3) is 0.667. The molecule has 0 saturated heterocycles. The first-order chi connectivity index (χ1) is 7.20. The largest absolute Gasteiger partial charge is 0.354 e. The minimum Gasteiger partial charge on any atom is -0.354 e. The molecule has 0 unspecified atom stereocenters. The molecular weight excluding hydrogens is 214 g/mol. The van der Waals surface area contributed by atoms with Gasteiger partial charge in [-0.3, -0.25) is 0 Å². The summed E-state index contributed by atoms with van der Waals surface area (Å²) in [6, 6.07) is 0.568. The third-order valence-corrected chi connectivity index (χ3v) is 2.51. The molecule has 1 fully saturated rings. The lowest BCUT2D eigenvalue weighted by molar-refractivity contribution is 0.847. The van der Waals surface area contributed by atoms with E-state index in [9.17, 15) is 0 Å². The van der Waals surface area contributed by atoms with Crippen LogP contribution in [0.15, 0.2) is 0 Å². The maximum absolute atomic E-state index is 5.83. The summed E-state index contributed by atoms with van der Waals surface area (Å²) in [6.45, 7) is 2.76. The van der Waals surface area contributed by atoms with E-state index in [0.29, 0.717) is 17.9 Å². The third kappa shape index (κ3) is 2.47. The van der Waals surface area contributed by atoms with E-state index in [0.717, 1.165) is 6.54 Å². The first-order valence-electron chi connectivity index (χ1n) is 5.09. The van der Waals surface area contributed by atoms with Crippen LogP contribution in [0.4, 0.5) is 11.9 Å². The van der Waals surface area contributed by atoms with Crippen molar-refractivity contribution in [1.29, 1.82) is 0 Å². The van der Waals surface area contributed by atoms with Gasteiger partial charge < -0.3 is 10.2 Å². The zero-order valence-electron chi connectivity index (χ0n) is 8.87. The number of nitrogens with one attached hydrogen (secondary N) is 1. The zero-order chi connectivity index (χ0) is 10.8. The summed E-state index contributed by atoms with van der Waals surface area (Å²) in [5.41, 5.74) is 0. The van der Waals surface area contributed by atoms with Crippen molar-refractivity contribution in [3.05, 3.63) is 5.28 Å². The molecule has 1 heterocycles. The van der Waals surface area contributed by atoms with Crippen molar-refractivity contribution in [3.8, 4) is 0 Å². The van der Waals surface area contributed by atoms with Gasteiger partial charge in [-0.05, 0) is 31.4 Å². The molecule has 6 heteroatoms. The molecule has 0 aromatic carbocycles. The van der Waals surface area contributed by atoms with Crippen LogP contribution in [0.3, 0.4) is 0 Å². The van der Waals surface area contributed by atoms with Crippen LogP contribution in [0.2, 0.25) is 5.28 Å². The molecule has 0 amide bonds. The van der Waals surface area contributed by atoms with E-state index in [1.807, 2.05) is 14.0 Å². The highest BCUT2D eigenvalue weighted by Gasteiger charge is 2.28. The zero-order valence-corrected chi connectivity index (χ0v) is 9.62. The van der Waals surface area contributed by atoms with E-state index in [2.05, 4.69) is 25.2 Å². The van der Waals surface area contributed by atoms with Crippen molar-refractivity contribution in [2.24, 2.45) is 0 Å². The molecule has 1 N–H and O–H groups in total. The third-order valence-electron chi connectivity index (χ3n) is 2.34. The number of hydrogen-bond acceptors (Lipinski definition) is 5. The summed E-state index contributed by atoms with van der Waals surface area (Å²) in [4.78, 5) is 14.4. The fourth-order valence-corrected chi connectivity index (χ4v) is 1.52. The van der Waals surface area contributed by atoms with Gasteiger partial charge in [-0.2, -0.15) is 15.0 Å². The summed E-state index contributed by atoms with van der Waals surface area (Å²) in [7, 11) is 1.99. The molecule has 0 radical (unpaired) electrons. The van der Waals surface area contributed by atoms with Gasteiger partial charge in [-0.25, -0.2) is 0 Å². The fourth-order valence-electron chi connectivity index (χ4n) is 1.36. The molecular formula is C9H14ClN5. The molecule has 0 spiro atoms. The van der Waals surface area contributed by atoms with Crippen LogP contribution < -0.4 is 10.2 Å². The van der Waals surface area contributed by atoms with Crippen molar-refractivity contribution in [3.63, 3.8) is 0 Å². The van der Waals surface area contributed by atoms with Crippen molar-refractivity contribution in [2.75, 3.05) is 23.8 Å². The lowest BCUT2D eigenvalue weighted by Crippen LogP contribution is -2.23. The molecule has 1 saturated carbocycles. The molecule has 0 atom stereocenters. The van der Waals surface area contributed by atoms with Gasteiger partial charge in [0, 0.05) is 19.6 Å². The van der Waals surface area contributed by atoms with Gasteiger partial charge in [0.2, 0.25) is 17.2 Å². The first kappa shape index (κ1) is 10.4. The van der Waals surface area contributed by atoms with Crippen LogP contribution in [0.25, 0.3) is 0 Å². The molecule has 1 aromatic rings. The van der Waals surface area contributed by atoms with Crippen molar-refractivity contribution >= 4 is 23.5 Å². The Balaban J connectivity index is 2.21. The van der Waals surface area contributed by atoms with Gasteiger partial charge >= 0.3 is 0 Å². The van der Waals surface area contributed by atoms with Crippen LogP contribution in [0.1, 0.15) is 19.8 Å². The average molecular weight is 228 g/mol. The number of aromatic nitrogens is 3. The highest BCUT2D eigenvalue weighted by Crippen LogP contribution is 2.28. The van der Waals surface area contributed by atoms with Gasteiger partial charge in [0.25, 0.3) is 0 Å². The van der Waals surface area contributed by atoms with Gasteiger partial charge in [0.05, 0.1) is 0 Å². The highest BCUT2D eigenvalue weighted by atomic mass is 35.5. The number of halogens is 1. The van der Waals surface area contributed by atoms with Gasteiger partial charge in [-0.1, -0.05) is 0 Å². The van der Waals surface area contributed by atoms with E-state index in [1.54, 1.807) is 0 Å². The van der Waals surface area contributed by atoms with Crippen molar-refractivity contribution in [1.82, 2.24) is 15.0 Å². The van der Waals surface area contributed by atoms with E-state index >= 15 is 0 Å². The summed E-state index contributed by atoms with van der Waals surface area (Å²) in [5, 5.41) is 3.27. The molecule has 0 bridgehead atoms.